The maximum atomic E-state index is 13.9. The Morgan fingerprint density at radius 2 is 2.15 bits per heavy atom. The van der Waals surface area contributed by atoms with Gasteiger partial charge in [0.1, 0.15) is 5.82 Å². The smallest absolute Gasteiger partial charge is 0.238 e. The van der Waals surface area contributed by atoms with E-state index in [1.807, 2.05) is 0 Å². The molecule has 2 rings (SSSR count). The van der Waals surface area contributed by atoms with Crippen molar-refractivity contribution in [2.75, 3.05) is 5.32 Å². The highest BCUT2D eigenvalue weighted by molar-refractivity contribution is 7.89. The van der Waals surface area contributed by atoms with Gasteiger partial charge in [-0.15, -0.1) is 0 Å². The third kappa shape index (κ3) is 3.70. The molecule has 1 aromatic rings. The van der Waals surface area contributed by atoms with Gasteiger partial charge in [-0.1, -0.05) is 26.2 Å². The van der Waals surface area contributed by atoms with Crippen molar-refractivity contribution in [3.8, 4) is 0 Å². The van der Waals surface area contributed by atoms with Gasteiger partial charge < -0.3 is 5.32 Å². The molecule has 0 radical (unpaired) electrons. The molecule has 1 aliphatic carbocycles. The van der Waals surface area contributed by atoms with Crippen molar-refractivity contribution < 1.29 is 12.8 Å². The van der Waals surface area contributed by atoms with Crippen molar-refractivity contribution in [2.24, 2.45) is 11.1 Å². The van der Waals surface area contributed by atoms with Crippen molar-refractivity contribution in [2.45, 2.75) is 50.0 Å². The Labute approximate surface area is 119 Å². The number of hydrogen-bond acceptors (Lipinski definition) is 3. The van der Waals surface area contributed by atoms with E-state index in [1.54, 1.807) is 0 Å². The number of primary sulfonamides is 1. The number of benzene rings is 1. The Morgan fingerprint density at radius 3 is 2.75 bits per heavy atom. The van der Waals surface area contributed by atoms with Crippen molar-refractivity contribution >= 4 is 15.7 Å². The van der Waals surface area contributed by atoms with Crippen LogP contribution in [0.4, 0.5) is 10.1 Å². The number of rotatable bonds is 4. The highest BCUT2D eigenvalue weighted by atomic mass is 32.2. The van der Waals surface area contributed by atoms with E-state index < -0.39 is 15.8 Å². The zero-order chi connectivity index (χ0) is 14.8. The Morgan fingerprint density at radius 1 is 1.40 bits per heavy atom. The molecule has 0 aromatic heterocycles. The Balaban J connectivity index is 2.10. The molecule has 112 valence electrons. The molecule has 1 aliphatic rings. The van der Waals surface area contributed by atoms with Crippen LogP contribution in [0.2, 0.25) is 0 Å². The number of nitrogens with two attached hydrogens (primary N) is 1. The molecule has 20 heavy (non-hydrogen) atoms. The molecule has 1 saturated carbocycles. The molecule has 0 saturated heterocycles. The quantitative estimate of drug-likeness (QED) is 0.898. The van der Waals surface area contributed by atoms with Crippen LogP contribution in [0.1, 0.15) is 39.0 Å². The summed E-state index contributed by atoms with van der Waals surface area (Å²) in [6.07, 6.45) is 5.58. The number of nitrogens with one attached hydrogen (secondary N) is 1. The van der Waals surface area contributed by atoms with Crippen LogP contribution in [0.3, 0.4) is 0 Å². The predicted molar refractivity (Wildman–Crippen MR) is 77.4 cm³/mol. The molecular weight excluding hydrogens is 279 g/mol. The Bertz CT molecular complexity index is 575. The van der Waals surface area contributed by atoms with Crippen LogP contribution in [0.15, 0.2) is 23.1 Å². The van der Waals surface area contributed by atoms with Crippen molar-refractivity contribution in [1.82, 2.24) is 0 Å². The van der Waals surface area contributed by atoms with Crippen LogP contribution in [0.25, 0.3) is 0 Å². The minimum atomic E-state index is -3.86. The van der Waals surface area contributed by atoms with E-state index in [9.17, 15) is 12.8 Å². The first-order valence-corrected chi connectivity index (χ1v) is 8.53. The summed E-state index contributed by atoms with van der Waals surface area (Å²) in [5, 5.41) is 8.16. The van der Waals surface area contributed by atoms with Gasteiger partial charge in [0, 0.05) is 6.04 Å². The fourth-order valence-electron chi connectivity index (χ4n) is 2.80. The number of hydrogen-bond donors (Lipinski definition) is 2. The first kappa shape index (κ1) is 15.3. The summed E-state index contributed by atoms with van der Waals surface area (Å²) < 4.78 is 36.2. The van der Waals surface area contributed by atoms with E-state index in [0.29, 0.717) is 11.6 Å². The fourth-order valence-corrected chi connectivity index (χ4v) is 3.33. The second kappa shape index (κ2) is 6.10. The van der Waals surface area contributed by atoms with Gasteiger partial charge in [-0.2, -0.15) is 0 Å². The summed E-state index contributed by atoms with van der Waals surface area (Å²) in [5.74, 6) is 0.114. The fraction of sp³-hybridized carbons (Fsp3) is 0.571. The minimum absolute atomic E-state index is 0.198. The molecule has 2 unspecified atom stereocenters. The lowest BCUT2D eigenvalue weighted by molar-refractivity contribution is 0.327. The summed E-state index contributed by atoms with van der Waals surface area (Å²) in [7, 11) is -3.86. The first-order chi connectivity index (χ1) is 9.40. The maximum Gasteiger partial charge on any atom is 0.238 e. The number of sulfonamides is 1. The van der Waals surface area contributed by atoms with Gasteiger partial charge in [0.05, 0.1) is 10.6 Å². The zero-order valence-corrected chi connectivity index (χ0v) is 12.4. The molecule has 0 heterocycles. The molecule has 0 bridgehead atoms. The Kier molecular flexibility index (Phi) is 4.65. The van der Waals surface area contributed by atoms with E-state index in [0.717, 1.165) is 31.7 Å². The van der Waals surface area contributed by atoms with E-state index in [4.69, 9.17) is 5.14 Å². The molecule has 6 heteroatoms. The summed E-state index contributed by atoms with van der Waals surface area (Å²) in [4.78, 5) is -0.198. The van der Waals surface area contributed by atoms with Crippen LogP contribution in [0, 0.1) is 11.7 Å². The van der Waals surface area contributed by atoms with Gasteiger partial charge in [-0.05, 0) is 37.0 Å². The molecule has 2 atom stereocenters. The van der Waals surface area contributed by atoms with Crippen LogP contribution in [-0.4, -0.2) is 14.5 Å². The minimum Gasteiger partial charge on any atom is -0.380 e. The van der Waals surface area contributed by atoms with E-state index in [2.05, 4.69) is 12.2 Å². The van der Waals surface area contributed by atoms with Crippen LogP contribution >= 0.6 is 0 Å². The molecule has 0 aliphatic heterocycles. The summed E-state index contributed by atoms with van der Waals surface area (Å²) in [6, 6.07) is 4.01. The number of halogens is 1. The molecule has 0 amide bonds. The molecule has 4 nitrogen and oxygen atoms in total. The largest absolute Gasteiger partial charge is 0.380 e. The monoisotopic (exact) mass is 300 g/mol. The van der Waals surface area contributed by atoms with E-state index >= 15 is 0 Å². The maximum absolute atomic E-state index is 13.9. The SMILES string of the molecule is CCC1CCCC(Nc2ccc(S(N)(=O)=O)cc2F)C1. The van der Waals surface area contributed by atoms with Crippen LogP contribution < -0.4 is 10.5 Å². The average molecular weight is 300 g/mol. The van der Waals surface area contributed by atoms with Crippen LogP contribution in [-0.2, 0) is 10.0 Å². The topological polar surface area (TPSA) is 72.2 Å². The molecule has 3 N–H and O–H groups in total. The summed E-state index contributed by atoms with van der Waals surface area (Å²) in [6.45, 7) is 2.18. The third-order valence-electron chi connectivity index (χ3n) is 3.99. The zero-order valence-electron chi connectivity index (χ0n) is 11.6. The van der Waals surface area contributed by atoms with E-state index in [-0.39, 0.29) is 10.9 Å². The molecule has 1 aromatic carbocycles. The lowest BCUT2D eigenvalue weighted by Gasteiger charge is -2.30. The second-order valence-electron chi connectivity index (χ2n) is 5.47. The predicted octanol–water partition coefficient (Wildman–Crippen LogP) is 2.85. The van der Waals surface area contributed by atoms with Gasteiger partial charge in [-0.3, -0.25) is 0 Å². The average Bonchev–Trinajstić information content (AvgIpc) is 2.40. The lowest BCUT2D eigenvalue weighted by atomic mass is 9.84. The number of anilines is 1. The van der Waals surface area contributed by atoms with Gasteiger partial charge >= 0.3 is 0 Å². The lowest BCUT2D eigenvalue weighted by Crippen LogP contribution is -2.27. The molecular formula is C14H21FN2O2S. The summed E-state index contributed by atoms with van der Waals surface area (Å²) in [5.41, 5.74) is 0.346. The first-order valence-electron chi connectivity index (χ1n) is 6.99. The van der Waals surface area contributed by atoms with Crippen molar-refractivity contribution in [3.63, 3.8) is 0 Å². The van der Waals surface area contributed by atoms with E-state index in [1.165, 1.54) is 18.6 Å². The van der Waals surface area contributed by atoms with Crippen molar-refractivity contribution in [1.29, 1.82) is 0 Å². The second-order valence-corrected chi connectivity index (χ2v) is 7.03. The standard InChI is InChI=1S/C14H21FN2O2S/c1-2-10-4-3-5-11(8-10)17-14-7-6-12(9-13(14)15)20(16,18)19/h6-7,9-11,17H,2-5,8H2,1H3,(H2,16,18,19). The highest BCUT2D eigenvalue weighted by Gasteiger charge is 2.21. The van der Waals surface area contributed by atoms with Gasteiger partial charge in [0.2, 0.25) is 10.0 Å². The van der Waals surface area contributed by atoms with Gasteiger partial charge in [-0.25, -0.2) is 17.9 Å². The van der Waals surface area contributed by atoms with Crippen molar-refractivity contribution in [3.05, 3.63) is 24.0 Å². The highest BCUT2D eigenvalue weighted by Crippen LogP contribution is 2.29. The third-order valence-corrected chi connectivity index (χ3v) is 4.90. The summed E-state index contributed by atoms with van der Waals surface area (Å²) >= 11 is 0. The normalized spacial score (nSPS) is 23.6. The molecule has 0 spiro atoms. The van der Waals surface area contributed by atoms with Crippen LogP contribution in [0.5, 0.6) is 0 Å². The molecule has 1 fully saturated rings. The Hall–Kier alpha value is -1.14. The van der Waals surface area contributed by atoms with Gasteiger partial charge in [0.15, 0.2) is 0 Å². The van der Waals surface area contributed by atoms with Gasteiger partial charge in [0.25, 0.3) is 0 Å².